The maximum atomic E-state index is 14.5. The molecule has 0 radical (unpaired) electrons. The first kappa shape index (κ1) is 44.3. The number of nitrogens with zero attached hydrogens (tertiary/aromatic N) is 1. The molecule has 0 spiro atoms. The van der Waals surface area contributed by atoms with Crippen LogP contribution in [-0.2, 0) is 24.2 Å². The van der Waals surface area contributed by atoms with E-state index in [4.69, 9.17) is 9.47 Å². The highest BCUT2D eigenvalue weighted by atomic mass is 19.4. The molecule has 1 amide bonds. The molecule has 320 valence electrons. The number of aliphatic hydroxyl groups is 2. The van der Waals surface area contributed by atoms with Crippen LogP contribution in [0.2, 0.25) is 0 Å². The fourth-order valence-corrected chi connectivity index (χ4v) is 8.83. The van der Waals surface area contributed by atoms with Crippen molar-refractivity contribution in [2.75, 3.05) is 20.8 Å². The number of benzene rings is 4. The number of ether oxygens (including phenoxy) is 3. The number of allylic oxidation sites excluding steroid dienone is 2. The average molecular weight is 836 g/mol. The molecule has 8 nitrogen and oxygen atoms in total. The van der Waals surface area contributed by atoms with Gasteiger partial charge < -0.3 is 29.3 Å². The first-order valence-electron chi connectivity index (χ1n) is 19.9. The second kappa shape index (κ2) is 18.1. The van der Waals surface area contributed by atoms with Gasteiger partial charge in [0.25, 0.3) is 0 Å². The fourth-order valence-electron chi connectivity index (χ4n) is 8.83. The molecule has 2 N–H and O–H groups in total. The molecule has 4 aromatic carbocycles. The van der Waals surface area contributed by atoms with Gasteiger partial charge in [-0.3, -0.25) is 9.59 Å². The van der Waals surface area contributed by atoms with E-state index in [9.17, 15) is 41.8 Å². The van der Waals surface area contributed by atoms with Gasteiger partial charge in [0.2, 0.25) is 5.91 Å². The van der Waals surface area contributed by atoms with Crippen molar-refractivity contribution in [3.8, 4) is 17.2 Å². The second-order valence-electron chi connectivity index (χ2n) is 16.2. The summed E-state index contributed by atoms with van der Waals surface area (Å²) < 4.78 is 82.3. The van der Waals surface area contributed by atoms with Crippen molar-refractivity contribution in [1.82, 2.24) is 4.90 Å². The molecule has 4 unspecified atom stereocenters. The van der Waals surface area contributed by atoms with E-state index in [1.807, 2.05) is 26.0 Å². The van der Waals surface area contributed by atoms with Crippen LogP contribution in [0.25, 0.3) is 0 Å². The summed E-state index contributed by atoms with van der Waals surface area (Å²) in [6, 6.07) is 18.6. The minimum atomic E-state index is -4.89. The maximum absolute atomic E-state index is 14.5. The van der Waals surface area contributed by atoms with Gasteiger partial charge in [-0.05, 0) is 129 Å². The van der Waals surface area contributed by atoms with Crippen LogP contribution >= 0.6 is 0 Å². The lowest BCUT2D eigenvalue weighted by Crippen LogP contribution is -2.53. The number of rotatable bonds is 11. The number of carbonyl (C=O) groups excluding carboxylic acids is 2. The van der Waals surface area contributed by atoms with Crippen LogP contribution < -0.4 is 14.2 Å². The normalized spacial score (nSPS) is 22.0. The number of hydrogen-bond acceptors (Lipinski definition) is 7. The van der Waals surface area contributed by atoms with Crippen molar-refractivity contribution in [2.45, 2.75) is 95.7 Å². The summed E-state index contributed by atoms with van der Waals surface area (Å²) in [6.45, 7) is 3.72. The predicted octanol–water partition coefficient (Wildman–Crippen LogP) is 9.42. The van der Waals surface area contributed by atoms with E-state index in [-0.39, 0.29) is 49.4 Å². The molecular weight excluding hydrogens is 786 g/mol. The third-order valence-corrected chi connectivity index (χ3v) is 12.2. The van der Waals surface area contributed by atoms with Crippen LogP contribution in [-0.4, -0.2) is 65.6 Å². The number of hydrogen-bond donors (Lipinski definition) is 2. The number of carbonyl (C=O) groups is 2. The second-order valence-corrected chi connectivity index (χ2v) is 16.2. The Morgan fingerprint density at radius 2 is 1.58 bits per heavy atom. The molecule has 60 heavy (non-hydrogen) atoms. The number of amides is 1. The van der Waals surface area contributed by atoms with Gasteiger partial charge in [-0.1, -0.05) is 48.9 Å². The van der Waals surface area contributed by atoms with E-state index in [1.54, 1.807) is 24.3 Å². The minimum Gasteiger partial charge on any atom is -0.493 e. The molecule has 0 aliphatic heterocycles. The zero-order valence-electron chi connectivity index (χ0n) is 34.1. The highest BCUT2D eigenvalue weighted by molar-refractivity contribution is 6.10. The number of aliphatic hydroxyl groups excluding tert-OH is 1. The van der Waals surface area contributed by atoms with Crippen molar-refractivity contribution in [1.29, 1.82) is 0 Å². The molecule has 13 heteroatoms. The summed E-state index contributed by atoms with van der Waals surface area (Å²) in [4.78, 5) is 30.3. The Bertz CT molecular complexity index is 2220. The van der Waals surface area contributed by atoms with E-state index in [0.29, 0.717) is 65.9 Å². The highest BCUT2D eigenvalue weighted by Gasteiger charge is 2.57. The van der Waals surface area contributed by atoms with E-state index < -0.39 is 52.6 Å². The van der Waals surface area contributed by atoms with Gasteiger partial charge in [0.15, 0.2) is 28.9 Å². The molecule has 1 saturated carbocycles. The zero-order valence-corrected chi connectivity index (χ0v) is 34.1. The molecule has 0 saturated heterocycles. The Labute approximate surface area is 346 Å². The number of alkyl halides is 3. The molecule has 1 fully saturated rings. The summed E-state index contributed by atoms with van der Waals surface area (Å²) in [5.74, 6) is -3.16. The molecule has 0 aromatic heterocycles. The van der Waals surface area contributed by atoms with Crippen molar-refractivity contribution in [3.63, 3.8) is 0 Å². The Morgan fingerprint density at radius 3 is 2.27 bits per heavy atom. The van der Waals surface area contributed by atoms with Gasteiger partial charge in [-0.2, -0.15) is 0 Å². The SMILES string of the molecule is COc1ccc(CC(=O)N(Cc2ccc(OC(F)(F)F)cc2)CC2(O)CCC3c4ccc(cc4C(=O)c4ccc(F)c(F)c4)CC(O)CCC(C)=CCCC32C)cc1OC. The van der Waals surface area contributed by atoms with E-state index in [2.05, 4.69) is 10.8 Å². The molecule has 3 aliphatic carbocycles. The van der Waals surface area contributed by atoms with Crippen LogP contribution in [0.3, 0.4) is 0 Å². The molecule has 0 heterocycles. The van der Waals surface area contributed by atoms with Crippen LogP contribution in [0.1, 0.15) is 96.5 Å². The summed E-state index contributed by atoms with van der Waals surface area (Å²) in [5, 5.41) is 24.0. The topological polar surface area (TPSA) is 106 Å². The summed E-state index contributed by atoms with van der Waals surface area (Å²) >= 11 is 0. The maximum Gasteiger partial charge on any atom is 0.573 e. The smallest absolute Gasteiger partial charge is 0.493 e. The van der Waals surface area contributed by atoms with Crippen molar-refractivity contribution in [2.24, 2.45) is 5.41 Å². The quantitative estimate of drug-likeness (QED) is 0.0882. The fraction of sp³-hybridized carbons (Fsp3) is 0.404. The Kier molecular flexibility index (Phi) is 13.4. The van der Waals surface area contributed by atoms with Gasteiger partial charge in [0.05, 0.1) is 38.9 Å². The number of halogens is 5. The Morgan fingerprint density at radius 1 is 0.867 bits per heavy atom. The molecule has 3 aliphatic rings. The first-order valence-corrected chi connectivity index (χ1v) is 19.9. The standard InChI is InChI=1S/C47H50F5NO7/c1-29-6-5-20-45(2)38(36-16-10-31(22-34(54)13-7-29)23-37(36)44(56)33-12-17-39(48)40(49)26-33)19-21-46(45,57)28-53(27-30-8-14-35(15-9-30)60-47(50,51)52)43(55)25-32-11-18-41(58-3)42(24-32)59-4/h6,8-12,14-18,23-24,26,34,38,54,57H,5,7,13,19-22,25,27-28H2,1-4H3. The van der Waals surface area contributed by atoms with E-state index in [1.165, 1.54) is 49.5 Å². The van der Waals surface area contributed by atoms with Crippen molar-refractivity contribution >= 4 is 11.7 Å². The zero-order chi connectivity index (χ0) is 43.4. The van der Waals surface area contributed by atoms with Crippen LogP contribution in [0.5, 0.6) is 17.2 Å². The molecular formula is C47H50F5NO7. The molecule has 7 rings (SSSR count). The van der Waals surface area contributed by atoms with Crippen LogP contribution in [0, 0.1) is 17.0 Å². The van der Waals surface area contributed by atoms with Gasteiger partial charge >= 0.3 is 6.36 Å². The summed E-state index contributed by atoms with van der Waals surface area (Å²) in [7, 11) is 2.97. The monoisotopic (exact) mass is 835 g/mol. The third-order valence-electron chi connectivity index (χ3n) is 12.2. The minimum absolute atomic E-state index is 0.0546. The lowest BCUT2D eigenvalue weighted by Gasteiger charge is -2.46. The first-order chi connectivity index (χ1) is 28.4. The van der Waals surface area contributed by atoms with E-state index >= 15 is 0 Å². The molecule has 4 atom stereocenters. The lowest BCUT2D eigenvalue weighted by molar-refractivity contribution is -0.274. The van der Waals surface area contributed by atoms with Gasteiger partial charge in [-0.15, -0.1) is 13.2 Å². The summed E-state index contributed by atoms with van der Waals surface area (Å²) in [6.07, 6.45) is -0.668. The van der Waals surface area contributed by atoms with E-state index in [0.717, 1.165) is 17.7 Å². The van der Waals surface area contributed by atoms with Crippen molar-refractivity contribution < 1.29 is 56.0 Å². The van der Waals surface area contributed by atoms with Crippen LogP contribution in [0.15, 0.2) is 90.5 Å². The average Bonchev–Trinajstić information content (AvgIpc) is 3.45. The highest BCUT2D eigenvalue weighted by Crippen LogP contribution is 2.59. The predicted molar refractivity (Wildman–Crippen MR) is 215 cm³/mol. The van der Waals surface area contributed by atoms with Gasteiger partial charge in [0, 0.05) is 23.1 Å². The van der Waals surface area contributed by atoms with Gasteiger partial charge in [-0.25, -0.2) is 8.78 Å². The van der Waals surface area contributed by atoms with Crippen LogP contribution in [0.4, 0.5) is 22.0 Å². The molecule has 2 bridgehead atoms. The largest absolute Gasteiger partial charge is 0.573 e. The number of methoxy groups -OCH3 is 2. The third kappa shape index (κ3) is 10.0. The molecule has 4 aromatic rings. The lowest BCUT2D eigenvalue weighted by atomic mass is 9.64. The summed E-state index contributed by atoms with van der Waals surface area (Å²) in [5.41, 5.74) is 1.11. The Balaban J connectivity index is 1.42. The number of fused-ring (bicyclic) bond motifs is 8. The van der Waals surface area contributed by atoms with Crippen molar-refractivity contribution in [3.05, 3.63) is 136 Å². The van der Waals surface area contributed by atoms with Gasteiger partial charge in [0.1, 0.15) is 5.75 Å². The Hall–Kier alpha value is -5.27. The number of ketones is 1.